The van der Waals surface area contributed by atoms with Gasteiger partial charge in [-0.2, -0.15) is 5.10 Å². The van der Waals surface area contributed by atoms with Crippen molar-refractivity contribution in [1.82, 2.24) is 15.1 Å². The number of rotatable bonds is 4. The Balaban J connectivity index is 1.36. The first-order valence-electron chi connectivity index (χ1n) is 9.46. The summed E-state index contributed by atoms with van der Waals surface area (Å²) in [7, 11) is 0. The lowest BCUT2D eigenvalue weighted by molar-refractivity contribution is -0.118. The summed E-state index contributed by atoms with van der Waals surface area (Å²) in [6.45, 7) is 2.20. The number of hydrogen-bond donors (Lipinski definition) is 2. The lowest BCUT2D eigenvalue weighted by atomic mass is 9.90. The molecule has 2 N–H and O–H groups in total. The Labute approximate surface area is 157 Å². The standard InChI is InChI=1S/C20H24N4O3/c1-13(14-4-9-18-17(11-14)23-19(25)12-27-18)22-15-5-7-16(8-6-15)24-20(26)3-2-10-21-24/h2-4,9-11,13,15-16,22H,5-8,12H2,1H3,(H,23,25). The van der Waals surface area contributed by atoms with Gasteiger partial charge in [0.1, 0.15) is 5.75 Å². The Morgan fingerprint density at radius 1 is 1.22 bits per heavy atom. The van der Waals surface area contributed by atoms with Crippen molar-refractivity contribution in [3.8, 4) is 5.75 Å². The quantitative estimate of drug-likeness (QED) is 0.866. The Hall–Kier alpha value is -2.67. The molecule has 0 bridgehead atoms. The van der Waals surface area contributed by atoms with Crippen LogP contribution in [-0.4, -0.2) is 28.3 Å². The summed E-state index contributed by atoms with van der Waals surface area (Å²) in [5.74, 6) is 0.593. The first-order chi connectivity index (χ1) is 13.1. The molecule has 7 heteroatoms. The Kier molecular flexibility index (Phi) is 4.94. The zero-order chi connectivity index (χ0) is 18.8. The summed E-state index contributed by atoms with van der Waals surface area (Å²) in [5, 5.41) is 10.8. The summed E-state index contributed by atoms with van der Waals surface area (Å²) in [5.41, 5.74) is 1.82. The molecule has 4 rings (SSSR count). The summed E-state index contributed by atoms with van der Waals surface area (Å²) in [6, 6.07) is 9.91. The van der Waals surface area contributed by atoms with Gasteiger partial charge in [-0.05, 0) is 56.4 Å². The number of nitrogens with one attached hydrogen (secondary N) is 2. The monoisotopic (exact) mass is 368 g/mol. The maximum absolute atomic E-state index is 11.9. The SMILES string of the molecule is CC(NC1CCC(n2ncccc2=O)CC1)c1ccc2c(c1)NC(=O)CO2. The maximum Gasteiger partial charge on any atom is 0.266 e. The number of benzene rings is 1. The average Bonchev–Trinajstić information content (AvgIpc) is 2.68. The number of anilines is 1. The molecular weight excluding hydrogens is 344 g/mol. The summed E-state index contributed by atoms with van der Waals surface area (Å²) >= 11 is 0. The zero-order valence-corrected chi connectivity index (χ0v) is 15.4. The van der Waals surface area contributed by atoms with Crippen LogP contribution in [0.2, 0.25) is 0 Å². The highest BCUT2D eigenvalue weighted by molar-refractivity contribution is 5.95. The largest absolute Gasteiger partial charge is 0.482 e. The highest BCUT2D eigenvalue weighted by atomic mass is 16.5. The second-order valence-corrected chi connectivity index (χ2v) is 7.29. The van der Waals surface area contributed by atoms with Crippen molar-refractivity contribution < 1.29 is 9.53 Å². The molecule has 0 saturated heterocycles. The third kappa shape index (κ3) is 3.88. The molecule has 1 aromatic carbocycles. The summed E-state index contributed by atoms with van der Waals surface area (Å²) < 4.78 is 7.03. The van der Waals surface area contributed by atoms with E-state index in [0.717, 1.165) is 36.9 Å². The molecule has 1 fully saturated rings. The number of carbonyl (C=O) groups excluding carboxylic acids is 1. The minimum absolute atomic E-state index is 0.0272. The van der Waals surface area contributed by atoms with Gasteiger partial charge in [-0.3, -0.25) is 9.59 Å². The first kappa shape index (κ1) is 17.7. The maximum atomic E-state index is 11.9. The normalized spacial score (nSPS) is 23.1. The van der Waals surface area contributed by atoms with E-state index in [1.54, 1.807) is 23.0 Å². The van der Waals surface area contributed by atoms with Gasteiger partial charge in [0.25, 0.3) is 11.5 Å². The number of amides is 1. The Morgan fingerprint density at radius 3 is 2.81 bits per heavy atom. The van der Waals surface area contributed by atoms with E-state index in [1.807, 2.05) is 18.2 Å². The number of aromatic nitrogens is 2. The van der Waals surface area contributed by atoms with Crippen LogP contribution in [0.3, 0.4) is 0 Å². The molecule has 1 aromatic heterocycles. The molecule has 1 amide bonds. The third-order valence-corrected chi connectivity index (χ3v) is 5.41. The van der Waals surface area contributed by atoms with E-state index in [1.165, 1.54) is 0 Å². The Bertz CT molecular complexity index is 887. The number of carbonyl (C=O) groups is 1. The van der Waals surface area contributed by atoms with Crippen LogP contribution in [0, 0.1) is 0 Å². The number of fused-ring (bicyclic) bond motifs is 1. The van der Waals surface area contributed by atoms with Gasteiger partial charge in [0.2, 0.25) is 0 Å². The summed E-state index contributed by atoms with van der Waals surface area (Å²) in [4.78, 5) is 23.5. The van der Waals surface area contributed by atoms with E-state index in [4.69, 9.17) is 4.74 Å². The summed E-state index contributed by atoms with van der Waals surface area (Å²) in [6.07, 6.45) is 5.56. The number of ether oxygens (including phenoxy) is 1. The van der Waals surface area contributed by atoms with Crippen LogP contribution in [0.15, 0.2) is 41.3 Å². The number of hydrogen-bond acceptors (Lipinski definition) is 5. The zero-order valence-electron chi connectivity index (χ0n) is 15.4. The van der Waals surface area contributed by atoms with Crippen LogP contribution >= 0.6 is 0 Å². The molecule has 2 heterocycles. The molecule has 142 valence electrons. The molecule has 2 aromatic rings. The van der Waals surface area contributed by atoms with Gasteiger partial charge in [0.15, 0.2) is 6.61 Å². The van der Waals surface area contributed by atoms with Crippen LogP contribution in [-0.2, 0) is 4.79 Å². The molecule has 7 nitrogen and oxygen atoms in total. The lowest BCUT2D eigenvalue weighted by Crippen LogP contribution is -2.37. The molecule has 0 spiro atoms. The Morgan fingerprint density at radius 2 is 2.04 bits per heavy atom. The van der Waals surface area contributed by atoms with Gasteiger partial charge in [-0.15, -0.1) is 0 Å². The average molecular weight is 368 g/mol. The minimum Gasteiger partial charge on any atom is -0.482 e. The van der Waals surface area contributed by atoms with Gasteiger partial charge < -0.3 is 15.4 Å². The van der Waals surface area contributed by atoms with Crippen molar-refractivity contribution in [3.63, 3.8) is 0 Å². The smallest absolute Gasteiger partial charge is 0.266 e. The topological polar surface area (TPSA) is 85.3 Å². The molecule has 27 heavy (non-hydrogen) atoms. The van der Waals surface area contributed by atoms with E-state index in [0.29, 0.717) is 11.8 Å². The fourth-order valence-electron chi connectivity index (χ4n) is 3.95. The second kappa shape index (κ2) is 7.52. The van der Waals surface area contributed by atoms with Crippen LogP contribution in [0.25, 0.3) is 0 Å². The van der Waals surface area contributed by atoms with E-state index in [2.05, 4.69) is 22.7 Å². The van der Waals surface area contributed by atoms with E-state index >= 15 is 0 Å². The molecule has 1 aliphatic carbocycles. The molecule has 1 aliphatic heterocycles. The van der Waals surface area contributed by atoms with Crippen molar-refractivity contribution in [3.05, 3.63) is 52.4 Å². The van der Waals surface area contributed by atoms with Gasteiger partial charge in [0, 0.05) is 24.3 Å². The second-order valence-electron chi connectivity index (χ2n) is 7.29. The van der Waals surface area contributed by atoms with Crippen molar-refractivity contribution in [1.29, 1.82) is 0 Å². The van der Waals surface area contributed by atoms with Gasteiger partial charge in [0.05, 0.1) is 11.7 Å². The van der Waals surface area contributed by atoms with Crippen LogP contribution in [0.5, 0.6) is 5.75 Å². The van der Waals surface area contributed by atoms with Crippen molar-refractivity contribution in [2.45, 2.75) is 50.7 Å². The fraction of sp³-hybridized carbons (Fsp3) is 0.450. The van der Waals surface area contributed by atoms with Crippen LogP contribution < -0.4 is 20.9 Å². The minimum atomic E-state index is -0.122. The number of nitrogens with zero attached hydrogens (tertiary/aromatic N) is 2. The van der Waals surface area contributed by atoms with Crippen LogP contribution in [0.1, 0.15) is 50.3 Å². The highest BCUT2D eigenvalue weighted by Crippen LogP contribution is 2.32. The van der Waals surface area contributed by atoms with Crippen molar-refractivity contribution in [2.75, 3.05) is 11.9 Å². The molecule has 0 radical (unpaired) electrons. The molecular formula is C20H24N4O3. The van der Waals surface area contributed by atoms with Gasteiger partial charge >= 0.3 is 0 Å². The van der Waals surface area contributed by atoms with E-state index < -0.39 is 0 Å². The first-order valence-corrected chi connectivity index (χ1v) is 9.46. The molecule has 2 aliphatic rings. The predicted molar refractivity (Wildman–Crippen MR) is 102 cm³/mol. The molecule has 1 atom stereocenters. The highest BCUT2D eigenvalue weighted by Gasteiger charge is 2.25. The molecule has 1 saturated carbocycles. The fourth-order valence-corrected chi connectivity index (χ4v) is 3.95. The van der Waals surface area contributed by atoms with Gasteiger partial charge in [-0.25, -0.2) is 4.68 Å². The molecule has 1 unspecified atom stereocenters. The van der Waals surface area contributed by atoms with Crippen molar-refractivity contribution in [2.24, 2.45) is 0 Å². The van der Waals surface area contributed by atoms with Crippen LogP contribution in [0.4, 0.5) is 5.69 Å². The van der Waals surface area contributed by atoms with E-state index in [-0.39, 0.29) is 30.2 Å². The van der Waals surface area contributed by atoms with Gasteiger partial charge in [-0.1, -0.05) is 6.07 Å². The van der Waals surface area contributed by atoms with E-state index in [9.17, 15) is 9.59 Å². The predicted octanol–water partition coefficient (Wildman–Crippen LogP) is 2.41. The lowest BCUT2D eigenvalue weighted by Gasteiger charge is -2.32. The third-order valence-electron chi connectivity index (χ3n) is 5.41. The van der Waals surface area contributed by atoms with Crippen molar-refractivity contribution >= 4 is 11.6 Å².